The number of carboxylic acids is 1. The quantitative estimate of drug-likeness (QED) is 0.627. The molecule has 1 N–H and O–H groups in total. The van der Waals surface area contributed by atoms with Crippen molar-refractivity contribution in [3.8, 4) is 5.75 Å². The van der Waals surface area contributed by atoms with Gasteiger partial charge in [-0.15, -0.1) is 13.2 Å². The van der Waals surface area contributed by atoms with Gasteiger partial charge in [-0.3, -0.25) is 9.78 Å². The smallest absolute Gasteiger partial charge is 0.481 e. The molecule has 0 spiro atoms. The van der Waals surface area contributed by atoms with Gasteiger partial charge >= 0.3 is 12.3 Å². The molecule has 1 aromatic rings. The minimum atomic E-state index is -5.05. The lowest BCUT2D eigenvalue weighted by atomic mass is 10.1. The molecule has 0 atom stereocenters. The number of rotatable bonds is 4. The van der Waals surface area contributed by atoms with Gasteiger partial charge in [-0.25, -0.2) is 8.78 Å². The van der Waals surface area contributed by atoms with Crippen molar-refractivity contribution in [1.82, 2.24) is 4.98 Å². The Labute approximate surface area is 116 Å². The molecule has 0 bridgehead atoms. The van der Waals surface area contributed by atoms with E-state index in [1.165, 1.54) is 22.6 Å². The Morgan fingerprint density at radius 3 is 2.47 bits per heavy atom. The van der Waals surface area contributed by atoms with Gasteiger partial charge in [-0.2, -0.15) is 0 Å². The highest BCUT2D eigenvalue weighted by molar-refractivity contribution is 14.1. The number of halogens is 6. The minimum absolute atomic E-state index is 0.499. The lowest BCUT2D eigenvalue weighted by Crippen LogP contribution is -2.19. The van der Waals surface area contributed by atoms with E-state index in [-0.39, 0.29) is 0 Å². The Morgan fingerprint density at radius 2 is 2.05 bits per heavy atom. The highest BCUT2D eigenvalue weighted by Gasteiger charge is 2.34. The number of carboxylic acid groups (broad SMARTS) is 1. The third-order valence-corrected chi connectivity index (χ3v) is 2.98. The summed E-state index contributed by atoms with van der Waals surface area (Å²) in [4.78, 5) is 13.8. The molecule has 19 heavy (non-hydrogen) atoms. The van der Waals surface area contributed by atoms with Crippen molar-refractivity contribution >= 4 is 28.6 Å². The van der Waals surface area contributed by atoms with E-state index >= 15 is 0 Å². The van der Waals surface area contributed by atoms with Crippen LogP contribution in [0.25, 0.3) is 0 Å². The first kappa shape index (κ1) is 15.9. The molecule has 0 unspecified atom stereocenters. The molecule has 0 fully saturated rings. The number of nitrogens with zero attached hydrogens (tertiary/aromatic N) is 1. The second-order valence-electron chi connectivity index (χ2n) is 3.22. The average molecular weight is 397 g/mol. The van der Waals surface area contributed by atoms with Gasteiger partial charge in [0.1, 0.15) is 0 Å². The predicted octanol–water partition coefficient (Wildman–Crippen LogP) is 3.15. The van der Waals surface area contributed by atoms with E-state index in [9.17, 15) is 26.7 Å². The highest BCUT2D eigenvalue weighted by atomic mass is 127. The molecule has 106 valence electrons. The Morgan fingerprint density at radius 1 is 1.47 bits per heavy atom. The van der Waals surface area contributed by atoms with E-state index in [2.05, 4.69) is 9.72 Å². The number of carbonyl (C=O) groups is 1. The summed E-state index contributed by atoms with van der Waals surface area (Å²) in [6.07, 6.45) is -8.46. The number of hydrogen-bond donors (Lipinski definition) is 1. The number of hydrogen-bond acceptors (Lipinski definition) is 3. The number of ether oxygens (including phenoxy) is 1. The molecule has 0 aliphatic rings. The molecule has 0 amide bonds. The van der Waals surface area contributed by atoms with E-state index in [4.69, 9.17) is 5.11 Å². The maximum atomic E-state index is 12.8. The zero-order chi connectivity index (χ0) is 14.8. The van der Waals surface area contributed by atoms with Crippen molar-refractivity contribution in [2.24, 2.45) is 0 Å². The van der Waals surface area contributed by atoms with Gasteiger partial charge in [0.2, 0.25) is 0 Å². The SMILES string of the molecule is O=C(O)Cc1ncc(OC(F)(F)F)c(I)c1C(F)F. The fourth-order valence-corrected chi connectivity index (χ4v) is 2.02. The lowest BCUT2D eigenvalue weighted by Gasteiger charge is -2.14. The molecular weight excluding hydrogens is 392 g/mol. The summed E-state index contributed by atoms with van der Waals surface area (Å²) in [5.74, 6) is -2.31. The summed E-state index contributed by atoms with van der Waals surface area (Å²) < 4.78 is 64.7. The summed E-state index contributed by atoms with van der Waals surface area (Å²) in [7, 11) is 0. The molecule has 10 heteroatoms. The maximum absolute atomic E-state index is 12.8. The number of alkyl halides is 5. The summed E-state index contributed by atoms with van der Waals surface area (Å²) in [6, 6.07) is 0. The molecule has 4 nitrogen and oxygen atoms in total. The molecule has 0 aromatic carbocycles. The van der Waals surface area contributed by atoms with Crippen LogP contribution >= 0.6 is 22.6 Å². The molecule has 0 aliphatic heterocycles. The average Bonchev–Trinajstić information content (AvgIpc) is 2.19. The molecule has 1 aromatic heterocycles. The fraction of sp³-hybridized carbons (Fsp3) is 0.333. The number of aromatic nitrogens is 1. The van der Waals surface area contributed by atoms with Crippen LogP contribution < -0.4 is 4.74 Å². The van der Waals surface area contributed by atoms with Gasteiger partial charge in [0, 0.05) is 0 Å². The fourth-order valence-electron chi connectivity index (χ4n) is 1.22. The van der Waals surface area contributed by atoms with E-state index in [1.54, 1.807) is 0 Å². The Balaban J connectivity index is 3.27. The van der Waals surface area contributed by atoms with Crippen LogP contribution in [0.1, 0.15) is 17.7 Å². The first-order valence-corrected chi connectivity index (χ1v) is 5.62. The zero-order valence-electron chi connectivity index (χ0n) is 8.84. The second kappa shape index (κ2) is 5.84. The summed E-state index contributed by atoms with van der Waals surface area (Å²) in [5, 5.41) is 8.52. The number of pyridine rings is 1. The molecule has 1 heterocycles. The Kier molecular flexibility index (Phi) is 4.87. The highest BCUT2D eigenvalue weighted by Crippen LogP contribution is 2.35. The van der Waals surface area contributed by atoms with Gasteiger partial charge < -0.3 is 9.84 Å². The minimum Gasteiger partial charge on any atom is -0.481 e. The van der Waals surface area contributed by atoms with Gasteiger partial charge in [0.25, 0.3) is 6.43 Å². The van der Waals surface area contributed by atoms with Crippen LogP contribution in [0, 0.1) is 3.57 Å². The molecular formula is C9H5F5INO3. The first-order valence-electron chi connectivity index (χ1n) is 4.54. The topological polar surface area (TPSA) is 59.4 Å². The van der Waals surface area contributed by atoms with Gasteiger partial charge in [0.05, 0.1) is 27.4 Å². The lowest BCUT2D eigenvalue weighted by molar-refractivity contribution is -0.275. The number of aliphatic carboxylic acids is 1. The molecule has 0 saturated carbocycles. The van der Waals surface area contributed by atoms with E-state index in [0.717, 1.165) is 0 Å². The van der Waals surface area contributed by atoms with Crippen molar-refractivity contribution in [3.63, 3.8) is 0 Å². The van der Waals surface area contributed by atoms with Gasteiger partial charge in [-0.05, 0) is 22.6 Å². The molecule has 0 aliphatic carbocycles. The van der Waals surface area contributed by atoms with Gasteiger partial charge in [-0.1, -0.05) is 0 Å². The van der Waals surface area contributed by atoms with Crippen LogP contribution in [0.5, 0.6) is 5.75 Å². The van der Waals surface area contributed by atoms with Crippen molar-refractivity contribution in [3.05, 3.63) is 21.0 Å². The normalized spacial score (nSPS) is 11.7. The second-order valence-corrected chi connectivity index (χ2v) is 4.29. The van der Waals surface area contributed by atoms with Gasteiger partial charge in [0.15, 0.2) is 5.75 Å². The van der Waals surface area contributed by atoms with Crippen LogP contribution in [-0.4, -0.2) is 22.4 Å². The van der Waals surface area contributed by atoms with Crippen LogP contribution in [0.2, 0.25) is 0 Å². The molecule has 1 rings (SSSR count). The Hall–Kier alpha value is -1.20. The maximum Gasteiger partial charge on any atom is 0.573 e. The van der Waals surface area contributed by atoms with Crippen molar-refractivity contribution < 1.29 is 36.6 Å². The monoisotopic (exact) mass is 397 g/mol. The summed E-state index contributed by atoms with van der Waals surface area (Å²) >= 11 is 1.23. The third kappa shape index (κ3) is 4.44. The van der Waals surface area contributed by atoms with Crippen LogP contribution in [-0.2, 0) is 11.2 Å². The Bertz CT molecular complexity index is 491. The first-order chi connectivity index (χ1) is 8.61. The molecule has 0 saturated heterocycles. The van der Waals surface area contributed by atoms with Crippen LogP contribution in [0.4, 0.5) is 22.0 Å². The predicted molar refractivity (Wildman–Crippen MR) is 59.9 cm³/mol. The van der Waals surface area contributed by atoms with Crippen molar-refractivity contribution in [2.45, 2.75) is 19.2 Å². The summed E-state index contributed by atoms with van der Waals surface area (Å²) in [5.41, 5.74) is -1.37. The zero-order valence-corrected chi connectivity index (χ0v) is 11.0. The van der Waals surface area contributed by atoms with Crippen LogP contribution in [0.3, 0.4) is 0 Å². The third-order valence-electron chi connectivity index (χ3n) is 1.86. The standard InChI is InChI=1S/C9H5F5INO3/c10-8(11)6-3(1-5(17)18)16-2-4(7(6)15)19-9(12,13)14/h2,8H,1H2,(H,17,18). The largest absolute Gasteiger partial charge is 0.573 e. The van der Waals surface area contributed by atoms with Crippen molar-refractivity contribution in [2.75, 3.05) is 0 Å². The van der Waals surface area contributed by atoms with Crippen LogP contribution in [0.15, 0.2) is 6.20 Å². The summed E-state index contributed by atoms with van der Waals surface area (Å²) in [6.45, 7) is 0. The van der Waals surface area contributed by atoms with E-state index in [1.807, 2.05) is 0 Å². The van der Waals surface area contributed by atoms with E-state index < -0.39 is 45.8 Å². The molecule has 0 radical (unpaired) electrons. The van der Waals surface area contributed by atoms with Crippen molar-refractivity contribution in [1.29, 1.82) is 0 Å². The van der Waals surface area contributed by atoms with E-state index in [0.29, 0.717) is 6.20 Å².